The first-order valence-electron chi connectivity index (χ1n) is 2.72. The summed E-state index contributed by atoms with van der Waals surface area (Å²) in [5.41, 5.74) is 0. The fourth-order valence-corrected chi connectivity index (χ4v) is 1.22. The Kier molecular flexibility index (Phi) is 2.77. The van der Waals surface area contributed by atoms with Crippen LogP contribution in [0.5, 0.6) is 0 Å². The predicted molar refractivity (Wildman–Crippen MR) is 42.1 cm³/mol. The number of aliphatic hydroxyl groups is 1. The summed E-state index contributed by atoms with van der Waals surface area (Å²) in [6.45, 7) is 0. The van der Waals surface area contributed by atoms with Gasteiger partial charge in [0.25, 0.3) is 0 Å². The summed E-state index contributed by atoms with van der Waals surface area (Å²) < 4.78 is 5.69. The largest absolute Gasteiger partial charge is 0.465 e. The van der Waals surface area contributed by atoms with Gasteiger partial charge in [-0.05, 0) is 22.0 Å². The van der Waals surface area contributed by atoms with Gasteiger partial charge in [-0.2, -0.15) is 0 Å². The highest BCUT2D eigenvalue weighted by molar-refractivity contribution is 9.10. The maximum atomic E-state index is 9.14. The van der Waals surface area contributed by atoms with E-state index >= 15 is 0 Å². The maximum absolute atomic E-state index is 9.14. The Bertz CT molecular complexity index is 211. The van der Waals surface area contributed by atoms with Crippen molar-refractivity contribution in [3.8, 4) is 0 Å². The first kappa shape index (κ1) is 8.11. The summed E-state index contributed by atoms with van der Waals surface area (Å²) in [5, 5.41) is 9.14. The molecule has 0 fully saturated rings. The summed E-state index contributed by atoms with van der Waals surface area (Å²) in [6.07, 6.45) is 0.779. The Morgan fingerprint density at radius 2 is 2.50 bits per heavy atom. The molecule has 0 unspecified atom stereocenters. The molecular weight excluding hydrogens is 219 g/mol. The Labute approximate surface area is 71.9 Å². The van der Waals surface area contributed by atoms with Crippen LogP contribution in [-0.2, 0) is 0 Å². The van der Waals surface area contributed by atoms with Crippen molar-refractivity contribution in [1.82, 2.24) is 0 Å². The normalized spacial score (nSPS) is 13.5. The molecule has 1 aromatic rings. The number of hydrogen-bond acceptors (Lipinski definition) is 2. The maximum Gasteiger partial charge on any atom is 0.147 e. The van der Waals surface area contributed by atoms with Gasteiger partial charge in [0.15, 0.2) is 0 Å². The summed E-state index contributed by atoms with van der Waals surface area (Å²) in [4.78, 5) is 0. The molecule has 0 aliphatic heterocycles. The number of alkyl halides is 1. The second kappa shape index (κ2) is 3.42. The van der Waals surface area contributed by atoms with Gasteiger partial charge in [0.05, 0.1) is 16.6 Å². The lowest BCUT2D eigenvalue weighted by molar-refractivity contribution is 0.171. The van der Waals surface area contributed by atoms with E-state index in [1.165, 1.54) is 6.26 Å². The number of hydrogen-bond donors (Lipinski definition) is 1. The SMILES string of the molecule is O[C@H](CCl)c1occc1Br. The molecule has 0 aliphatic carbocycles. The quantitative estimate of drug-likeness (QED) is 0.784. The van der Waals surface area contributed by atoms with Gasteiger partial charge in [-0.15, -0.1) is 11.6 Å². The molecule has 1 heterocycles. The monoisotopic (exact) mass is 224 g/mol. The highest BCUT2D eigenvalue weighted by atomic mass is 79.9. The van der Waals surface area contributed by atoms with Gasteiger partial charge in [0.1, 0.15) is 11.9 Å². The van der Waals surface area contributed by atoms with Crippen LogP contribution in [0.3, 0.4) is 0 Å². The number of halogens is 2. The molecular formula is C6H6BrClO2. The van der Waals surface area contributed by atoms with E-state index in [4.69, 9.17) is 21.1 Å². The van der Waals surface area contributed by atoms with Crippen molar-refractivity contribution in [2.75, 3.05) is 5.88 Å². The van der Waals surface area contributed by atoms with Gasteiger partial charge in [-0.3, -0.25) is 0 Å². The van der Waals surface area contributed by atoms with Gasteiger partial charge in [-0.1, -0.05) is 0 Å². The van der Waals surface area contributed by atoms with Crippen LogP contribution in [0.25, 0.3) is 0 Å². The van der Waals surface area contributed by atoms with Crippen LogP contribution in [0.15, 0.2) is 21.2 Å². The van der Waals surface area contributed by atoms with Crippen LogP contribution in [0.1, 0.15) is 11.9 Å². The molecule has 0 saturated heterocycles. The fraction of sp³-hybridized carbons (Fsp3) is 0.333. The molecule has 1 N–H and O–H groups in total. The lowest BCUT2D eigenvalue weighted by Crippen LogP contribution is -1.96. The average molecular weight is 225 g/mol. The molecule has 0 radical (unpaired) electrons. The van der Waals surface area contributed by atoms with E-state index in [1.807, 2.05) is 0 Å². The lowest BCUT2D eigenvalue weighted by Gasteiger charge is -2.01. The Morgan fingerprint density at radius 1 is 1.80 bits per heavy atom. The van der Waals surface area contributed by atoms with Gasteiger partial charge >= 0.3 is 0 Å². The first-order chi connectivity index (χ1) is 4.75. The second-order valence-electron chi connectivity index (χ2n) is 1.80. The Hall–Kier alpha value is 0.01000. The lowest BCUT2D eigenvalue weighted by atomic mass is 10.3. The molecule has 0 bridgehead atoms. The van der Waals surface area contributed by atoms with E-state index in [1.54, 1.807) is 6.07 Å². The van der Waals surface area contributed by atoms with Crippen molar-refractivity contribution in [2.24, 2.45) is 0 Å². The second-order valence-corrected chi connectivity index (χ2v) is 2.97. The molecule has 0 amide bonds. The molecule has 10 heavy (non-hydrogen) atoms. The van der Waals surface area contributed by atoms with Crippen molar-refractivity contribution in [3.05, 3.63) is 22.6 Å². The van der Waals surface area contributed by atoms with E-state index in [9.17, 15) is 0 Å². The van der Waals surface area contributed by atoms with Crippen LogP contribution >= 0.6 is 27.5 Å². The van der Waals surface area contributed by atoms with Gasteiger partial charge in [-0.25, -0.2) is 0 Å². The van der Waals surface area contributed by atoms with Crippen molar-refractivity contribution < 1.29 is 9.52 Å². The molecule has 0 saturated carbocycles. The molecule has 2 nitrogen and oxygen atoms in total. The van der Waals surface area contributed by atoms with Gasteiger partial charge < -0.3 is 9.52 Å². The van der Waals surface area contributed by atoms with E-state index in [0.717, 1.165) is 4.47 Å². The number of aliphatic hydroxyl groups excluding tert-OH is 1. The third kappa shape index (κ3) is 1.54. The highest BCUT2D eigenvalue weighted by Gasteiger charge is 2.12. The number of rotatable bonds is 2. The summed E-state index contributed by atoms with van der Waals surface area (Å²) >= 11 is 8.58. The summed E-state index contributed by atoms with van der Waals surface area (Å²) in [6, 6.07) is 1.71. The fourth-order valence-electron chi connectivity index (χ4n) is 0.613. The van der Waals surface area contributed by atoms with Crippen LogP contribution in [0, 0.1) is 0 Å². The van der Waals surface area contributed by atoms with Crippen molar-refractivity contribution in [1.29, 1.82) is 0 Å². The Balaban J connectivity index is 2.82. The van der Waals surface area contributed by atoms with Crippen molar-refractivity contribution in [2.45, 2.75) is 6.10 Å². The number of furan rings is 1. The minimum Gasteiger partial charge on any atom is -0.465 e. The smallest absolute Gasteiger partial charge is 0.147 e. The molecule has 4 heteroatoms. The van der Waals surface area contributed by atoms with Crippen LogP contribution in [-0.4, -0.2) is 11.0 Å². The molecule has 0 aliphatic rings. The zero-order valence-corrected chi connectivity index (χ0v) is 7.39. The minimum absolute atomic E-state index is 0.145. The molecule has 0 spiro atoms. The topological polar surface area (TPSA) is 33.4 Å². The Morgan fingerprint density at radius 3 is 2.90 bits per heavy atom. The van der Waals surface area contributed by atoms with Crippen LogP contribution in [0.4, 0.5) is 0 Å². The van der Waals surface area contributed by atoms with Crippen molar-refractivity contribution in [3.63, 3.8) is 0 Å². The van der Waals surface area contributed by atoms with E-state index in [2.05, 4.69) is 15.9 Å². The van der Waals surface area contributed by atoms with E-state index in [0.29, 0.717) is 5.76 Å². The standard InChI is InChI=1S/C6H6BrClO2/c7-4-1-2-10-6(4)5(9)3-8/h1-2,5,9H,3H2/t5-/m1/s1. The molecule has 56 valence electrons. The molecule has 1 atom stereocenters. The predicted octanol–water partition coefficient (Wildman–Crippen LogP) is 2.31. The zero-order valence-electron chi connectivity index (χ0n) is 5.05. The van der Waals surface area contributed by atoms with Crippen molar-refractivity contribution >= 4 is 27.5 Å². The third-order valence-corrected chi connectivity index (χ3v) is 2.04. The minimum atomic E-state index is -0.717. The zero-order chi connectivity index (χ0) is 7.56. The van der Waals surface area contributed by atoms with Gasteiger partial charge in [0.2, 0.25) is 0 Å². The van der Waals surface area contributed by atoms with Crippen LogP contribution < -0.4 is 0 Å². The van der Waals surface area contributed by atoms with E-state index < -0.39 is 6.10 Å². The highest BCUT2D eigenvalue weighted by Crippen LogP contribution is 2.24. The summed E-state index contributed by atoms with van der Waals surface area (Å²) in [7, 11) is 0. The molecule has 1 rings (SSSR count). The molecule has 1 aromatic heterocycles. The summed E-state index contributed by atoms with van der Waals surface area (Å²) in [5.74, 6) is 0.626. The third-order valence-electron chi connectivity index (χ3n) is 1.09. The van der Waals surface area contributed by atoms with E-state index in [-0.39, 0.29) is 5.88 Å². The molecule has 0 aromatic carbocycles. The average Bonchev–Trinajstić information content (AvgIpc) is 2.34. The first-order valence-corrected chi connectivity index (χ1v) is 4.05. The van der Waals surface area contributed by atoms with Gasteiger partial charge in [0, 0.05) is 0 Å². The van der Waals surface area contributed by atoms with Crippen LogP contribution in [0.2, 0.25) is 0 Å².